The number of aliphatic imine (C=N–C) groups is 1. The average Bonchev–Trinajstić information content (AvgIpc) is 2.24. The van der Waals surface area contributed by atoms with E-state index in [-0.39, 0.29) is 30.5 Å². The van der Waals surface area contributed by atoms with Gasteiger partial charge in [0.25, 0.3) is 0 Å². The molecule has 0 amide bonds. The second kappa shape index (κ2) is 8.06. The summed E-state index contributed by atoms with van der Waals surface area (Å²) < 4.78 is 36.0. The predicted molar refractivity (Wildman–Crippen MR) is 77.4 cm³/mol. The largest absolute Gasteiger partial charge is 0.390 e. The monoisotopic (exact) mass is 379 g/mol. The Morgan fingerprint density at radius 2 is 1.89 bits per heavy atom. The first-order chi connectivity index (χ1) is 7.92. The average molecular weight is 379 g/mol. The third kappa shape index (κ3) is 6.65. The molecule has 18 heavy (non-hydrogen) atoms. The van der Waals surface area contributed by atoms with Crippen molar-refractivity contribution in [3.05, 3.63) is 0 Å². The zero-order valence-electron chi connectivity index (χ0n) is 10.8. The summed E-state index contributed by atoms with van der Waals surface area (Å²) in [6, 6.07) is 0. The fraction of sp³-hybridized carbons (Fsp3) is 0.909. The summed E-state index contributed by atoms with van der Waals surface area (Å²) in [4.78, 5) is 6.04. The molecule has 1 rings (SSSR count). The van der Waals surface area contributed by atoms with Crippen LogP contribution < -0.4 is 5.32 Å². The lowest BCUT2D eigenvalue weighted by atomic mass is 10.00. The van der Waals surface area contributed by atoms with E-state index in [9.17, 15) is 13.2 Å². The number of likely N-dealkylation sites (tertiary alicyclic amines) is 1. The molecule has 0 bridgehead atoms. The highest BCUT2D eigenvalue weighted by Gasteiger charge is 2.27. The van der Waals surface area contributed by atoms with E-state index >= 15 is 0 Å². The Morgan fingerprint density at radius 1 is 1.33 bits per heavy atom. The van der Waals surface area contributed by atoms with Gasteiger partial charge < -0.3 is 10.2 Å². The highest BCUT2D eigenvalue weighted by Crippen LogP contribution is 2.19. The second-order valence-corrected chi connectivity index (χ2v) is 4.51. The molecule has 0 aromatic heterocycles. The Hall–Kier alpha value is -0.210. The summed E-state index contributed by atoms with van der Waals surface area (Å²) >= 11 is 0. The molecule has 0 saturated carbocycles. The van der Waals surface area contributed by atoms with Gasteiger partial charge in [0.15, 0.2) is 5.96 Å². The lowest BCUT2D eigenvalue weighted by molar-refractivity contribution is -0.132. The van der Waals surface area contributed by atoms with Crippen LogP contribution in [-0.4, -0.2) is 43.7 Å². The first-order valence-corrected chi connectivity index (χ1v) is 5.94. The van der Waals surface area contributed by atoms with Gasteiger partial charge in [0.2, 0.25) is 0 Å². The molecular weight excluding hydrogens is 358 g/mol. The number of hydrogen-bond acceptors (Lipinski definition) is 1. The van der Waals surface area contributed by atoms with E-state index in [0.29, 0.717) is 11.9 Å². The van der Waals surface area contributed by atoms with Crippen LogP contribution in [0.2, 0.25) is 0 Å². The molecule has 1 heterocycles. The zero-order valence-corrected chi connectivity index (χ0v) is 13.1. The molecule has 0 spiro atoms. The fourth-order valence-electron chi connectivity index (χ4n) is 1.87. The lowest BCUT2D eigenvalue weighted by Gasteiger charge is -2.32. The molecule has 1 saturated heterocycles. The first-order valence-electron chi connectivity index (χ1n) is 5.94. The zero-order chi connectivity index (χ0) is 12.9. The summed E-state index contributed by atoms with van der Waals surface area (Å²) in [6.45, 7) is 3.82. The van der Waals surface area contributed by atoms with Crippen molar-refractivity contribution in [2.24, 2.45) is 10.9 Å². The minimum atomic E-state index is -4.11. The molecule has 1 fully saturated rings. The van der Waals surface area contributed by atoms with Crippen molar-refractivity contribution in [3.63, 3.8) is 0 Å². The van der Waals surface area contributed by atoms with E-state index < -0.39 is 12.6 Å². The fourth-order valence-corrected chi connectivity index (χ4v) is 1.87. The molecule has 0 unspecified atom stereocenters. The molecule has 0 atom stereocenters. The van der Waals surface area contributed by atoms with E-state index in [1.165, 1.54) is 0 Å². The van der Waals surface area contributed by atoms with Crippen LogP contribution in [0.3, 0.4) is 0 Å². The van der Waals surface area contributed by atoms with Crippen molar-refractivity contribution in [2.45, 2.75) is 32.4 Å². The highest BCUT2D eigenvalue weighted by atomic mass is 127. The SMILES string of the molecule is CN=C(NCCC(F)(F)F)N1CCC(C)CC1.I. The van der Waals surface area contributed by atoms with E-state index in [1.807, 2.05) is 4.90 Å². The Labute approximate surface area is 123 Å². The minimum Gasteiger partial charge on any atom is -0.356 e. The molecule has 0 aliphatic carbocycles. The van der Waals surface area contributed by atoms with E-state index in [0.717, 1.165) is 25.9 Å². The number of nitrogens with zero attached hydrogens (tertiary/aromatic N) is 2. The van der Waals surface area contributed by atoms with Crippen molar-refractivity contribution in [3.8, 4) is 0 Å². The Balaban J connectivity index is 0.00000289. The van der Waals surface area contributed by atoms with Crippen LogP contribution in [0.25, 0.3) is 0 Å². The molecule has 1 aliphatic heterocycles. The van der Waals surface area contributed by atoms with Crippen LogP contribution in [-0.2, 0) is 0 Å². The van der Waals surface area contributed by atoms with Gasteiger partial charge in [0.05, 0.1) is 6.42 Å². The van der Waals surface area contributed by atoms with Gasteiger partial charge in [-0.1, -0.05) is 6.92 Å². The van der Waals surface area contributed by atoms with Crippen LogP contribution >= 0.6 is 24.0 Å². The number of nitrogens with one attached hydrogen (secondary N) is 1. The van der Waals surface area contributed by atoms with Crippen molar-refractivity contribution in [1.29, 1.82) is 0 Å². The van der Waals surface area contributed by atoms with Gasteiger partial charge in [-0.15, -0.1) is 24.0 Å². The number of piperidine rings is 1. The number of rotatable bonds is 2. The Morgan fingerprint density at radius 3 is 2.33 bits per heavy atom. The maximum Gasteiger partial charge on any atom is 0.390 e. The summed E-state index contributed by atoms with van der Waals surface area (Å²) in [5.41, 5.74) is 0. The van der Waals surface area contributed by atoms with Gasteiger partial charge in [-0.2, -0.15) is 13.2 Å². The number of hydrogen-bond donors (Lipinski definition) is 1. The quantitative estimate of drug-likeness (QED) is 0.454. The van der Waals surface area contributed by atoms with Crippen LogP contribution in [0.1, 0.15) is 26.2 Å². The topological polar surface area (TPSA) is 27.6 Å². The third-order valence-electron chi connectivity index (χ3n) is 2.99. The predicted octanol–water partition coefficient (Wildman–Crippen LogP) is 2.86. The van der Waals surface area contributed by atoms with Gasteiger partial charge in [-0.05, 0) is 18.8 Å². The molecule has 1 N–H and O–H groups in total. The molecule has 0 aromatic rings. The summed E-state index contributed by atoms with van der Waals surface area (Å²) in [6.07, 6.45) is -2.79. The van der Waals surface area contributed by atoms with Gasteiger partial charge in [0.1, 0.15) is 0 Å². The summed E-state index contributed by atoms with van der Waals surface area (Å²) in [5, 5.41) is 2.77. The van der Waals surface area contributed by atoms with Crippen LogP contribution in [0.5, 0.6) is 0 Å². The molecule has 3 nitrogen and oxygen atoms in total. The second-order valence-electron chi connectivity index (χ2n) is 4.51. The summed E-state index contributed by atoms with van der Waals surface area (Å²) in [5.74, 6) is 1.28. The Bertz CT molecular complexity index is 261. The summed E-state index contributed by atoms with van der Waals surface area (Å²) in [7, 11) is 1.61. The van der Waals surface area contributed by atoms with Crippen LogP contribution in [0.4, 0.5) is 13.2 Å². The molecule has 108 valence electrons. The molecule has 0 aromatic carbocycles. The maximum atomic E-state index is 12.0. The standard InChI is InChI=1S/C11H20F3N3.HI/c1-9-3-7-17(8-4-9)10(15-2)16-6-5-11(12,13)14;/h9H,3-8H2,1-2H3,(H,15,16);1H. The van der Waals surface area contributed by atoms with Crippen molar-refractivity contribution >= 4 is 29.9 Å². The molecule has 7 heteroatoms. The normalized spacial score (nSPS) is 18.5. The minimum absolute atomic E-state index is 0. The number of halogens is 4. The first kappa shape index (κ1) is 17.8. The highest BCUT2D eigenvalue weighted by molar-refractivity contribution is 14.0. The Kier molecular flexibility index (Phi) is 7.97. The maximum absolute atomic E-state index is 12.0. The molecule has 0 radical (unpaired) electrons. The van der Waals surface area contributed by atoms with Gasteiger partial charge in [0, 0.05) is 26.7 Å². The van der Waals surface area contributed by atoms with Crippen LogP contribution in [0, 0.1) is 5.92 Å². The molecule has 1 aliphatic rings. The van der Waals surface area contributed by atoms with E-state index in [1.54, 1.807) is 7.05 Å². The lowest BCUT2D eigenvalue weighted by Crippen LogP contribution is -2.46. The van der Waals surface area contributed by atoms with Gasteiger partial charge in [-0.25, -0.2) is 0 Å². The number of alkyl halides is 3. The van der Waals surface area contributed by atoms with Crippen molar-refractivity contribution in [1.82, 2.24) is 10.2 Å². The van der Waals surface area contributed by atoms with E-state index in [2.05, 4.69) is 17.2 Å². The van der Waals surface area contributed by atoms with E-state index in [4.69, 9.17) is 0 Å². The smallest absolute Gasteiger partial charge is 0.356 e. The van der Waals surface area contributed by atoms with Crippen molar-refractivity contribution < 1.29 is 13.2 Å². The third-order valence-corrected chi connectivity index (χ3v) is 2.99. The van der Waals surface area contributed by atoms with Gasteiger partial charge >= 0.3 is 6.18 Å². The van der Waals surface area contributed by atoms with Crippen molar-refractivity contribution in [2.75, 3.05) is 26.7 Å². The molecular formula is C11H21F3IN3. The number of guanidine groups is 1. The van der Waals surface area contributed by atoms with Gasteiger partial charge in [-0.3, -0.25) is 4.99 Å². The van der Waals surface area contributed by atoms with Crippen LogP contribution in [0.15, 0.2) is 4.99 Å².